The lowest BCUT2D eigenvalue weighted by Crippen LogP contribution is -2.18. The highest BCUT2D eigenvalue weighted by molar-refractivity contribution is 9.09. The van der Waals surface area contributed by atoms with Crippen LogP contribution in [0.5, 0.6) is 5.75 Å². The maximum absolute atomic E-state index is 13.2. The van der Waals surface area contributed by atoms with Crippen LogP contribution in [0.1, 0.15) is 12.0 Å². The van der Waals surface area contributed by atoms with Crippen molar-refractivity contribution in [2.24, 2.45) is 0 Å². The molecule has 1 aromatic carbocycles. The quantitative estimate of drug-likeness (QED) is 0.602. The van der Waals surface area contributed by atoms with Gasteiger partial charge in [-0.25, -0.2) is 4.39 Å². The molecule has 1 nitrogen and oxygen atoms in total. The molecule has 16 heavy (non-hydrogen) atoms. The Morgan fingerprint density at radius 3 is 2.44 bits per heavy atom. The molecule has 0 aromatic heterocycles. The van der Waals surface area contributed by atoms with Crippen LogP contribution in [-0.2, 0) is 6.42 Å². The van der Waals surface area contributed by atoms with Crippen LogP contribution in [0.15, 0.2) is 18.2 Å². The molecule has 6 heteroatoms. The zero-order chi connectivity index (χ0) is 12.2. The monoisotopic (exact) mass is 300 g/mol. The molecule has 0 amide bonds. The van der Waals surface area contributed by atoms with Gasteiger partial charge in [0.2, 0.25) is 0 Å². The molecule has 0 radical (unpaired) electrons. The van der Waals surface area contributed by atoms with Crippen LogP contribution in [0.3, 0.4) is 0 Å². The lowest BCUT2D eigenvalue weighted by Gasteiger charge is -2.10. The van der Waals surface area contributed by atoms with Crippen LogP contribution in [0.4, 0.5) is 17.6 Å². The predicted octanol–water partition coefficient (Wildman–Crippen LogP) is 4.05. The third kappa shape index (κ3) is 4.38. The van der Waals surface area contributed by atoms with Crippen molar-refractivity contribution in [3.63, 3.8) is 0 Å². The van der Waals surface area contributed by atoms with Gasteiger partial charge in [0.05, 0.1) is 0 Å². The van der Waals surface area contributed by atoms with Gasteiger partial charge in [-0.3, -0.25) is 0 Å². The molecule has 0 aliphatic rings. The Kier molecular flexibility index (Phi) is 4.58. The van der Waals surface area contributed by atoms with Crippen LogP contribution in [0.2, 0.25) is 0 Å². The van der Waals surface area contributed by atoms with Crippen molar-refractivity contribution in [1.29, 1.82) is 0 Å². The average molecular weight is 301 g/mol. The van der Waals surface area contributed by atoms with Gasteiger partial charge < -0.3 is 4.74 Å². The van der Waals surface area contributed by atoms with Gasteiger partial charge in [-0.15, -0.1) is 13.2 Å². The van der Waals surface area contributed by atoms with Crippen molar-refractivity contribution >= 4 is 15.9 Å². The molecule has 1 aromatic rings. The Morgan fingerprint density at radius 1 is 1.25 bits per heavy atom. The molecule has 0 heterocycles. The molecule has 0 spiro atoms. The molecule has 0 aliphatic carbocycles. The van der Waals surface area contributed by atoms with Gasteiger partial charge >= 0.3 is 6.36 Å². The largest absolute Gasteiger partial charge is 0.573 e. The maximum atomic E-state index is 13.2. The molecule has 0 aliphatic heterocycles. The van der Waals surface area contributed by atoms with Gasteiger partial charge in [0.15, 0.2) is 11.6 Å². The molecule has 0 saturated heterocycles. The molecule has 1 rings (SSSR count). The molecule has 0 atom stereocenters. The van der Waals surface area contributed by atoms with E-state index in [4.69, 9.17) is 0 Å². The number of ether oxygens (including phenoxy) is 1. The summed E-state index contributed by atoms with van der Waals surface area (Å²) in [4.78, 5) is 0. The topological polar surface area (TPSA) is 9.23 Å². The lowest BCUT2D eigenvalue weighted by atomic mass is 10.1. The Balaban J connectivity index is 2.75. The number of halogens is 5. The van der Waals surface area contributed by atoms with Gasteiger partial charge in [0.25, 0.3) is 0 Å². The summed E-state index contributed by atoms with van der Waals surface area (Å²) < 4.78 is 52.2. The van der Waals surface area contributed by atoms with Gasteiger partial charge in [-0.1, -0.05) is 22.0 Å². The van der Waals surface area contributed by atoms with E-state index in [9.17, 15) is 17.6 Å². The van der Waals surface area contributed by atoms with E-state index >= 15 is 0 Å². The Morgan fingerprint density at radius 2 is 1.94 bits per heavy atom. The summed E-state index contributed by atoms with van der Waals surface area (Å²) in [6.45, 7) is 0. The molecule has 0 unspecified atom stereocenters. The molecular formula is C10H9BrF4O. The molecular weight excluding hydrogens is 292 g/mol. The second-order valence-electron chi connectivity index (χ2n) is 3.11. The van der Waals surface area contributed by atoms with Crippen LogP contribution in [-0.4, -0.2) is 11.7 Å². The minimum absolute atomic E-state index is 0.606. The first-order valence-electron chi connectivity index (χ1n) is 4.52. The molecule has 0 fully saturated rings. The van der Waals surface area contributed by atoms with Crippen molar-refractivity contribution in [2.45, 2.75) is 19.2 Å². The van der Waals surface area contributed by atoms with Crippen molar-refractivity contribution in [3.8, 4) is 5.75 Å². The normalized spacial score (nSPS) is 11.6. The second kappa shape index (κ2) is 5.52. The van der Waals surface area contributed by atoms with Crippen LogP contribution in [0, 0.1) is 5.82 Å². The highest BCUT2D eigenvalue weighted by atomic mass is 79.9. The summed E-state index contributed by atoms with van der Waals surface area (Å²) in [5, 5.41) is 0.759. The van der Waals surface area contributed by atoms with Gasteiger partial charge in [0.1, 0.15) is 0 Å². The van der Waals surface area contributed by atoms with Gasteiger partial charge in [0, 0.05) is 5.33 Å². The Labute approximate surface area is 98.5 Å². The summed E-state index contributed by atoms with van der Waals surface area (Å²) in [6, 6.07) is 3.48. The number of rotatable bonds is 4. The van der Waals surface area contributed by atoms with Gasteiger partial charge in [-0.2, -0.15) is 0 Å². The van der Waals surface area contributed by atoms with Crippen molar-refractivity contribution < 1.29 is 22.3 Å². The highest BCUT2D eigenvalue weighted by Gasteiger charge is 2.32. The molecule has 0 saturated carbocycles. The first-order chi connectivity index (χ1) is 7.42. The van der Waals surface area contributed by atoms with Gasteiger partial charge in [-0.05, 0) is 30.5 Å². The van der Waals surface area contributed by atoms with E-state index in [0.717, 1.165) is 23.9 Å². The van der Waals surface area contributed by atoms with E-state index in [0.29, 0.717) is 12.0 Å². The SMILES string of the molecule is Fc1cc(CCCBr)ccc1OC(F)(F)F. The number of alkyl halides is 4. The molecule has 0 bridgehead atoms. The number of benzene rings is 1. The smallest absolute Gasteiger partial charge is 0.403 e. The lowest BCUT2D eigenvalue weighted by molar-refractivity contribution is -0.275. The van der Waals surface area contributed by atoms with Crippen LogP contribution >= 0.6 is 15.9 Å². The highest BCUT2D eigenvalue weighted by Crippen LogP contribution is 2.26. The van der Waals surface area contributed by atoms with E-state index in [1.54, 1.807) is 0 Å². The minimum Gasteiger partial charge on any atom is -0.403 e. The minimum atomic E-state index is -4.86. The molecule has 0 N–H and O–H groups in total. The van der Waals surface area contributed by atoms with Crippen molar-refractivity contribution in [3.05, 3.63) is 29.6 Å². The standard InChI is InChI=1S/C10H9BrF4O/c11-5-1-2-7-3-4-9(8(12)6-7)16-10(13,14)15/h3-4,6H,1-2,5H2. The Bertz CT molecular complexity index is 351. The van der Waals surface area contributed by atoms with E-state index < -0.39 is 17.9 Å². The Hall–Kier alpha value is -0.780. The predicted molar refractivity (Wildman–Crippen MR) is 55.2 cm³/mol. The average Bonchev–Trinajstić information content (AvgIpc) is 2.17. The summed E-state index contributed by atoms with van der Waals surface area (Å²) in [7, 11) is 0. The molecule has 90 valence electrons. The number of aryl methyl sites for hydroxylation is 1. The maximum Gasteiger partial charge on any atom is 0.573 e. The first kappa shape index (κ1) is 13.3. The summed E-state index contributed by atoms with van der Waals surface area (Å²) in [5.41, 5.74) is 0.645. The number of hydrogen-bond donors (Lipinski definition) is 0. The first-order valence-corrected chi connectivity index (χ1v) is 5.64. The van der Waals surface area contributed by atoms with Crippen molar-refractivity contribution in [2.75, 3.05) is 5.33 Å². The van der Waals surface area contributed by atoms with E-state index in [-0.39, 0.29) is 0 Å². The van der Waals surface area contributed by atoms with Crippen LogP contribution < -0.4 is 4.74 Å². The fourth-order valence-corrected chi connectivity index (χ4v) is 1.46. The van der Waals surface area contributed by atoms with E-state index in [1.807, 2.05) is 0 Å². The number of hydrogen-bond acceptors (Lipinski definition) is 1. The second-order valence-corrected chi connectivity index (χ2v) is 3.90. The zero-order valence-corrected chi connectivity index (χ0v) is 9.74. The van der Waals surface area contributed by atoms with Crippen LogP contribution in [0.25, 0.3) is 0 Å². The summed E-state index contributed by atoms with van der Waals surface area (Å²) in [6.07, 6.45) is -3.47. The zero-order valence-electron chi connectivity index (χ0n) is 8.15. The summed E-state index contributed by atoms with van der Waals surface area (Å²) in [5.74, 6) is -1.79. The fourth-order valence-electron chi connectivity index (χ4n) is 1.18. The third-order valence-electron chi connectivity index (χ3n) is 1.82. The van der Waals surface area contributed by atoms with E-state index in [1.165, 1.54) is 6.07 Å². The fraction of sp³-hybridized carbons (Fsp3) is 0.400. The third-order valence-corrected chi connectivity index (χ3v) is 2.38. The van der Waals surface area contributed by atoms with Crippen molar-refractivity contribution in [1.82, 2.24) is 0 Å². The van der Waals surface area contributed by atoms with E-state index in [2.05, 4.69) is 20.7 Å². The summed E-state index contributed by atoms with van der Waals surface area (Å²) >= 11 is 3.21.